The highest BCUT2D eigenvalue weighted by Gasteiger charge is 2.33. The monoisotopic (exact) mass is 373 g/mol. The number of carbonyl (C=O) groups is 2. The Morgan fingerprint density at radius 2 is 2.11 bits per heavy atom. The van der Waals surface area contributed by atoms with Gasteiger partial charge in [0.15, 0.2) is 5.58 Å². The molecule has 6 heteroatoms. The Hall–Kier alpha value is -3.28. The van der Waals surface area contributed by atoms with Crippen LogP contribution in [0.4, 0.5) is 0 Å². The topological polar surface area (TPSA) is 84.6 Å². The smallest absolute Gasteiger partial charge is 0.252 e. The Bertz CT molecular complexity index is 1120. The Morgan fingerprint density at radius 1 is 1.25 bits per heavy atom. The third kappa shape index (κ3) is 2.91. The lowest BCUT2D eigenvalue weighted by Gasteiger charge is -2.33. The van der Waals surface area contributed by atoms with E-state index in [1.165, 1.54) is 5.57 Å². The minimum Gasteiger partial charge on any atom is -0.356 e. The van der Waals surface area contributed by atoms with Crippen LogP contribution in [-0.2, 0) is 16.0 Å². The van der Waals surface area contributed by atoms with Crippen LogP contribution in [0.25, 0.3) is 11.0 Å². The molecule has 5 rings (SSSR count). The number of amides is 2. The lowest BCUT2D eigenvalue weighted by molar-refractivity contribution is -0.118. The molecule has 0 radical (unpaired) electrons. The van der Waals surface area contributed by atoms with Crippen LogP contribution in [0.3, 0.4) is 0 Å². The average Bonchev–Trinajstić information content (AvgIpc) is 3.11. The molecule has 0 saturated heterocycles. The van der Waals surface area contributed by atoms with Crippen molar-refractivity contribution in [3.8, 4) is 0 Å². The van der Waals surface area contributed by atoms with E-state index in [0.717, 1.165) is 42.3 Å². The Morgan fingerprint density at radius 3 is 3.04 bits per heavy atom. The first-order chi connectivity index (χ1) is 13.7. The molecule has 140 valence electrons. The molecule has 6 nitrogen and oxygen atoms in total. The molecule has 1 aliphatic heterocycles. The van der Waals surface area contributed by atoms with E-state index < -0.39 is 0 Å². The minimum atomic E-state index is -0.297. The Labute approximate surface area is 161 Å². The van der Waals surface area contributed by atoms with Gasteiger partial charge < -0.3 is 9.84 Å². The van der Waals surface area contributed by atoms with Gasteiger partial charge in [-0.05, 0) is 55.5 Å². The molecule has 1 aromatic carbocycles. The lowest BCUT2D eigenvalue weighted by atomic mass is 9.77. The first-order valence-corrected chi connectivity index (χ1v) is 9.57. The maximum absolute atomic E-state index is 12.4. The van der Waals surface area contributed by atoms with Crippen molar-refractivity contribution in [1.29, 1.82) is 0 Å². The third-order valence-corrected chi connectivity index (χ3v) is 5.54. The number of nitrogens with zero attached hydrogens (tertiary/aromatic N) is 2. The normalized spacial score (nSPS) is 22.7. The first kappa shape index (κ1) is 16.9. The summed E-state index contributed by atoms with van der Waals surface area (Å²) in [5.74, 6) is -0.206. The van der Waals surface area contributed by atoms with E-state index in [4.69, 9.17) is 4.52 Å². The highest BCUT2D eigenvalue weighted by Crippen LogP contribution is 2.38. The van der Waals surface area contributed by atoms with Gasteiger partial charge in [-0.2, -0.15) is 0 Å². The molecule has 0 bridgehead atoms. The van der Waals surface area contributed by atoms with Gasteiger partial charge in [-0.3, -0.25) is 9.59 Å². The van der Waals surface area contributed by atoms with Crippen LogP contribution in [0.2, 0.25) is 0 Å². The molecule has 0 saturated carbocycles. The number of hydrogen-bond donors (Lipinski definition) is 1. The molecule has 2 amide bonds. The molecular weight excluding hydrogens is 354 g/mol. The molecule has 0 fully saturated rings. The van der Waals surface area contributed by atoms with Gasteiger partial charge in [-0.15, -0.1) is 0 Å². The van der Waals surface area contributed by atoms with Crippen LogP contribution in [-0.4, -0.2) is 22.7 Å². The molecular formula is C22H19N3O3. The van der Waals surface area contributed by atoms with E-state index >= 15 is 0 Å². The summed E-state index contributed by atoms with van der Waals surface area (Å²) in [4.78, 5) is 29.0. The average molecular weight is 373 g/mol. The minimum absolute atomic E-state index is 0.00718. The van der Waals surface area contributed by atoms with Crippen molar-refractivity contribution < 1.29 is 14.1 Å². The van der Waals surface area contributed by atoms with E-state index in [0.29, 0.717) is 17.0 Å². The van der Waals surface area contributed by atoms with Crippen molar-refractivity contribution in [2.75, 3.05) is 0 Å². The molecule has 1 atom stereocenters. The van der Waals surface area contributed by atoms with E-state index in [1.807, 2.05) is 36.4 Å². The second-order valence-electron chi connectivity index (χ2n) is 7.33. The summed E-state index contributed by atoms with van der Waals surface area (Å²) >= 11 is 0. The van der Waals surface area contributed by atoms with Crippen LogP contribution >= 0.6 is 0 Å². The quantitative estimate of drug-likeness (QED) is 0.874. The predicted octanol–water partition coefficient (Wildman–Crippen LogP) is 3.41. The van der Waals surface area contributed by atoms with Crippen molar-refractivity contribution in [2.45, 2.75) is 32.1 Å². The van der Waals surface area contributed by atoms with E-state index in [-0.39, 0.29) is 24.2 Å². The van der Waals surface area contributed by atoms with Gasteiger partial charge in [-0.25, -0.2) is 4.99 Å². The summed E-state index contributed by atoms with van der Waals surface area (Å²) < 4.78 is 5.24. The van der Waals surface area contributed by atoms with Gasteiger partial charge in [0.25, 0.3) is 11.8 Å². The van der Waals surface area contributed by atoms with Gasteiger partial charge >= 0.3 is 0 Å². The summed E-state index contributed by atoms with van der Waals surface area (Å²) in [6.45, 7) is 0. The van der Waals surface area contributed by atoms with Crippen molar-refractivity contribution in [2.24, 2.45) is 10.9 Å². The SMILES string of the molecule is O=C(Cc1noc2ccccc12)N=C1C=CC2C(=C1)NC(=O)C1=C2CCCC1. The number of nitrogens with one attached hydrogen (secondary N) is 1. The second kappa shape index (κ2) is 6.71. The number of fused-ring (bicyclic) bond motifs is 3. The molecule has 28 heavy (non-hydrogen) atoms. The number of aromatic nitrogens is 1. The Kier molecular flexibility index (Phi) is 4.04. The van der Waals surface area contributed by atoms with E-state index in [9.17, 15) is 9.59 Å². The highest BCUT2D eigenvalue weighted by molar-refractivity contribution is 6.12. The molecule has 2 aliphatic carbocycles. The fraction of sp³-hybridized carbons (Fsp3) is 0.273. The lowest BCUT2D eigenvalue weighted by Crippen LogP contribution is -2.37. The summed E-state index contributed by atoms with van der Waals surface area (Å²) in [5, 5.41) is 7.80. The first-order valence-electron chi connectivity index (χ1n) is 9.57. The number of benzene rings is 1. The highest BCUT2D eigenvalue weighted by atomic mass is 16.5. The molecule has 2 heterocycles. The van der Waals surface area contributed by atoms with Crippen LogP contribution in [0.5, 0.6) is 0 Å². The van der Waals surface area contributed by atoms with Gasteiger partial charge in [0.2, 0.25) is 0 Å². The molecule has 2 aromatic rings. The number of hydrogen-bond acceptors (Lipinski definition) is 4. The third-order valence-electron chi connectivity index (χ3n) is 5.54. The summed E-state index contributed by atoms with van der Waals surface area (Å²) in [5.41, 5.74) is 4.75. The van der Waals surface area contributed by atoms with Crippen molar-refractivity contribution in [3.05, 3.63) is 65.0 Å². The largest absolute Gasteiger partial charge is 0.356 e. The summed E-state index contributed by atoms with van der Waals surface area (Å²) in [6, 6.07) is 7.44. The Balaban J connectivity index is 1.38. The van der Waals surface area contributed by atoms with Gasteiger partial charge in [-0.1, -0.05) is 23.4 Å². The zero-order chi connectivity index (χ0) is 19.1. The van der Waals surface area contributed by atoms with Gasteiger partial charge in [0, 0.05) is 22.6 Å². The second-order valence-corrected chi connectivity index (χ2v) is 7.33. The molecule has 1 aromatic heterocycles. The summed E-state index contributed by atoms with van der Waals surface area (Å²) in [7, 11) is 0. The standard InChI is InChI=1S/C22H19N3O3/c26-21(12-19-17-7-3-4-8-20(17)28-25-19)23-13-9-10-15-14-5-1-2-6-16(14)22(27)24-18(15)11-13/h3-4,7-11,15H,1-2,5-6,12H2,(H,24,27). The molecule has 1 N–H and O–H groups in total. The van der Waals surface area contributed by atoms with Crippen LogP contribution in [0.15, 0.2) is 68.9 Å². The molecule has 3 aliphatic rings. The fourth-order valence-corrected chi connectivity index (χ4v) is 4.21. The van der Waals surface area contributed by atoms with Gasteiger partial charge in [0.05, 0.1) is 12.1 Å². The van der Waals surface area contributed by atoms with Crippen LogP contribution < -0.4 is 5.32 Å². The summed E-state index contributed by atoms with van der Waals surface area (Å²) in [6.07, 6.45) is 9.77. The van der Waals surface area contributed by atoms with E-state index in [1.54, 1.807) is 6.08 Å². The zero-order valence-electron chi connectivity index (χ0n) is 15.3. The van der Waals surface area contributed by atoms with Crippen molar-refractivity contribution >= 4 is 28.5 Å². The van der Waals surface area contributed by atoms with Gasteiger partial charge in [0.1, 0.15) is 5.69 Å². The van der Waals surface area contributed by atoms with Crippen LogP contribution in [0, 0.1) is 5.92 Å². The fourth-order valence-electron chi connectivity index (χ4n) is 4.21. The number of aliphatic imine (C=N–C) groups is 1. The number of para-hydroxylation sites is 1. The van der Waals surface area contributed by atoms with E-state index in [2.05, 4.69) is 15.5 Å². The number of rotatable bonds is 2. The molecule has 1 unspecified atom stereocenters. The number of carbonyl (C=O) groups excluding carboxylic acids is 2. The number of allylic oxidation sites excluding steroid dienone is 3. The maximum atomic E-state index is 12.4. The predicted molar refractivity (Wildman–Crippen MR) is 105 cm³/mol. The maximum Gasteiger partial charge on any atom is 0.252 e. The van der Waals surface area contributed by atoms with Crippen molar-refractivity contribution in [1.82, 2.24) is 10.5 Å². The molecule has 0 spiro atoms. The van der Waals surface area contributed by atoms with Crippen LogP contribution in [0.1, 0.15) is 31.4 Å². The zero-order valence-corrected chi connectivity index (χ0v) is 15.3. The van der Waals surface area contributed by atoms with Crippen molar-refractivity contribution in [3.63, 3.8) is 0 Å².